The van der Waals surface area contributed by atoms with E-state index in [0.717, 1.165) is 25.7 Å². The summed E-state index contributed by atoms with van der Waals surface area (Å²) in [7, 11) is 0. The summed E-state index contributed by atoms with van der Waals surface area (Å²) >= 11 is 0. The number of nitrogens with one attached hydrogen (secondary N) is 1. The van der Waals surface area contributed by atoms with Crippen molar-refractivity contribution in [3.63, 3.8) is 0 Å². The molecule has 1 aromatic carbocycles. The first-order valence-corrected chi connectivity index (χ1v) is 9.70. The van der Waals surface area contributed by atoms with E-state index < -0.39 is 17.7 Å². The monoisotopic (exact) mass is 358 g/mol. The smallest absolute Gasteiger partial charge is 0.410 e. The fourth-order valence-corrected chi connectivity index (χ4v) is 3.99. The highest BCUT2D eigenvalue weighted by molar-refractivity contribution is 5.86. The summed E-state index contributed by atoms with van der Waals surface area (Å²) in [5.74, 6) is 0.302. The molecule has 2 unspecified atom stereocenters. The van der Waals surface area contributed by atoms with Crippen LogP contribution in [0.25, 0.3) is 0 Å². The molecule has 0 bridgehead atoms. The highest BCUT2D eigenvalue weighted by Crippen LogP contribution is 2.31. The van der Waals surface area contributed by atoms with E-state index in [-0.39, 0.29) is 5.91 Å². The Morgan fingerprint density at radius 3 is 2.73 bits per heavy atom. The minimum absolute atomic E-state index is 0.0589. The second kappa shape index (κ2) is 7.68. The maximum Gasteiger partial charge on any atom is 0.410 e. The van der Waals surface area contributed by atoms with Crippen molar-refractivity contribution in [1.82, 2.24) is 10.2 Å². The van der Waals surface area contributed by atoms with Crippen molar-refractivity contribution in [2.45, 2.75) is 70.4 Å². The molecule has 2 aliphatic rings. The molecule has 2 amide bonds. The van der Waals surface area contributed by atoms with Crippen LogP contribution in [0.4, 0.5) is 4.79 Å². The van der Waals surface area contributed by atoms with Gasteiger partial charge in [-0.1, -0.05) is 24.3 Å². The molecule has 0 saturated carbocycles. The molecule has 142 valence electrons. The van der Waals surface area contributed by atoms with Gasteiger partial charge in [0.2, 0.25) is 5.91 Å². The van der Waals surface area contributed by atoms with Crippen LogP contribution in [-0.2, 0) is 16.0 Å². The molecule has 5 heteroatoms. The van der Waals surface area contributed by atoms with Crippen LogP contribution < -0.4 is 5.32 Å². The third-order valence-corrected chi connectivity index (χ3v) is 5.20. The van der Waals surface area contributed by atoms with Gasteiger partial charge >= 0.3 is 6.09 Å². The molecule has 0 aromatic heterocycles. The summed E-state index contributed by atoms with van der Waals surface area (Å²) in [6.07, 6.45) is 4.52. The fourth-order valence-electron chi connectivity index (χ4n) is 3.99. The van der Waals surface area contributed by atoms with Gasteiger partial charge in [0.1, 0.15) is 11.6 Å². The van der Waals surface area contributed by atoms with E-state index in [2.05, 4.69) is 29.6 Å². The van der Waals surface area contributed by atoms with Crippen molar-refractivity contribution in [3.05, 3.63) is 35.4 Å². The van der Waals surface area contributed by atoms with Gasteiger partial charge < -0.3 is 10.1 Å². The number of nitrogens with zero attached hydrogens (tertiary/aromatic N) is 1. The lowest BCUT2D eigenvalue weighted by molar-refractivity contribution is -0.125. The predicted octanol–water partition coefficient (Wildman–Crippen LogP) is 3.62. The van der Waals surface area contributed by atoms with Crippen molar-refractivity contribution in [2.75, 3.05) is 13.1 Å². The zero-order valence-corrected chi connectivity index (χ0v) is 16.1. The third kappa shape index (κ3) is 4.37. The summed E-state index contributed by atoms with van der Waals surface area (Å²) in [5.41, 5.74) is 2.20. The standard InChI is InChI=1S/C21H30N2O3/c1-21(2,3)26-20(25)23-13-7-12-18(23)19(24)22-14-16-10-6-9-15-8-4-5-11-17(15)16/h4-5,8,11,16,18H,6-7,9-10,12-14H2,1-3H3,(H,22,24). The summed E-state index contributed by atoms with van der Waals surface area (Å²) in [6, 6.07) is 8.10. The van der Waals surface area contributed by atoms with Gasteiger partial charge in [-0.25, -0.2) is 4.79 Å². The molecular formula is C21H30N2O3. The average molecular weight is 358 g/mol. The minimum Gasteiger partial charge on any atom is -0.444 e. The highest BCUT2D eigenvalue weighted by atomic mass is 16.6. The molecule has 1 aromatic rings. The van der Waals surface area contributed by atoms with Crippen LogP contribution in [-0.4, -0.2) is 41.6 Å². The zero-order valence-electron chi connectivity index (χ0n) is 16.1. The Balaban J connectivity index is 1.59. The van der Waals surface area contributed by atoms with E-state index in [9.17, 15) is 9.59 Å². The quantitative estimate of drug-likeness (QED) is 0.898. The number of likely N-dealkylation sites (tertiary alicyclic amines) is 1. The van der Waals surface area contributed by atoms with Crippen LogP contribution in [0.1, 0.15) is 63.5 Å². The van der Waals surface area contributed by atoms with Crippen molar-refractivity contribution in [2.24, 2.45) is 0 Å². The summed E-state index contributed by atoms with van der Waals surface area (Å²) in [4.78, 5) is 26.7. The predicted molar refractivity (Wildman–Crippen MR) is 101 cm³/mol. The first kappa shape index (κ1) is 18.7. The minimum atomic E-state index is -0.549. The van der Waals surface area contributed by atoms with Crippen LogP contribution in [0.3, 0.4) is 0 Å². The lowest BCUT2D eigenvalue weighted by Gasteiger charge is -2.29. The Labute approximate surface area is 156 Å². The molecular weight excluding hydrogens is 328 g/mol. The molecule has 3 rings (SSSR count). The fraction of sp³-hybridized carbons (Fsp3) is 0.619. The van der Waals surface area contributed by atoms with E-state index in [1.165, 1.54) is 11.1 Å². The van der Waals surface area contributed by atoms with Crippen LogP contribution in [0.15, 0.2) is 24.3 Å². The molecule has 1 aliphatic heterocycles. The second-order valence-corrected chi connectivity index (χ2v) is 8.36. The van der Waals surface area contributed by atoms with E-state index in [1.807, 2.05) is 20.8 Å². The Morgan fingerprint density at radius 1 is 1.19 bits per heavy atom. The number of ether oxygens (including phenoxy) is 1. The maximum atomic E-state index is 12.7. The van der Waals surface area contributed by atoms with Gasteiger partial charge in [-0.2, -0.15) is 0 Å². The van der Waals surface area contributed by atoms with Gasteiger partial charge in [0.05, 0.1) is 0 Å². The van der Waals surface area contributed by atoms with Crippen molar-refractivity contribution in [1.29, 1.82) is 0 Å². The van der Waals surface area contributed by atoms with Gasteiger partial charge in [0, 0.05) is 19.0 Å². The summed E-state index contributed by atoms with van der Waals surface area (Å²) in [6.45, 7) is 6.75. The van der Waals surface area contributed by atoms with Crippen molar-refractivity contribution >= 4 is 12.0 Å². The summed E-state index contributed by atoms with van der Waals surface area (Å²) < 4.78 is 5.45. The van der Waals surface area contributed by atoms with E-state index >= 15 is 0 Å². The number of carbonyl (C=O) groups is 2. The molecule has 1 saturated heterocycles. The Kier molecular flexibility index (Phi) is 5.54. The first-order chi connectivity index (χ1) is 12.3. The van der Waals surface area contributed by atoms with Gasteiger partial charge in [0.25, 0.3) is 0 Å². The molecule has 5 nitrogen and oxygen atoms in total. The first-order valence-electron chi connectivity index (χ1n) is 9.70. The number of rotatable bonds is 3. The number of amides is 2. The maximum absolute atomic E-state index is 12.7. The number of aryl methyl sites for hydroxylation is 1. The van der Waals surface area contributed by atoms with E-state index in [0.29, 0.717) is 25.4 Å². The van der Waals surface area contributed by atoms with Gasteiger partial charge in [0.15, 0.2) is 0 Å². The number of hydrogen-bond donors (Lipinski definition) is 1. The Bertz CT molecular complexity index is 665. The van der Waals surface area contributed by atoms with Crippen LogP contribution in [0.2, 0.25) is 0 Å². The lowest BCUT2D eigenvalue weighted by Crippen LogP contribution is -2.48. The van der Waals surface area contributed by atoms with Crippen molar-refractivity contribution in [3.8, 4) is 0 Å². The molecule has 1 heterocycles. The zero-order chi connectivity index (χ0) is 18.7. The van der Waals surface area contributed by atoms with Gasteiger partial charge in [-0.05, 0) is 64.0 Å². The largest absolute Gasteiger partial charge is 0.444 e. The normalized spacial score (nSPS) is 22.7. The Hall–Kier alpha value is -2.04. The van der Waals surface area contributed by atoms with Crippen LogP contribution in [0, 0.1) is 0 Å². The average Bonchev–Trinajstić information content (AvgIpc) is 3.08. The summed E-state index contributed by atoms with van der Waals surface area (Å²) in [5, 5.41) is 3.09. The highest BCUT2D eigenvalue weighted by Gasteiger charge is 2.36. The molecule has 0 radical (unpaired) electrons. The molecule has 1 N–H and O–H groups in total. The molecule has 2 atom stereocenters. The SMILES string of the molecule is CC(C)(C)OC(=O)N1CCCC1C(=O)NCC1CCCc2ccccc21. The second-order valence-electron chi connectivity index (χ2n) is 8.36. The third-order valence-electron chi connectivity index (χ3n) is 5.20. The molecule has 1 aliphatic carbocycles. The van der Waals surface area contributed by atoms with Crippen molar-refractivity contribution < 1.29 is 14.3 Å². The number of hydrogen-bond acceptors (Lipinski definition) is 3. The number of fused-ring (bicyclic) bond motifs is 1. The van der Waals surface area contributed by atoms with Crippen LogP contribution >= 0.6 is 0 Å². The molecule has 1 fully saturated rings. The van der Waals surface area contributed by atoms with Gasteiger partial charge in [-0.3, -0.25) is 9.69 Å². The van der Waals surface area contributed by atoms with Crippen LogP contribution in [0.5, 0.6) is 0 Å². The Morgan fingerprint density at radius 2 is 1.96 bits per heavy atom. The van der Waals surface area contributed by atoms with Gasteiger partial charge in [-0.15, -0.1) is 0 Å². The van der Waals surface area contributed by atoms with E-state index in [4.69, 9.17) is 4.74 Å². The number of benzene rings is 1. The molecule has 26 heavy (non-hydrogen) atoms. The number of carbonyl (C=O) groups excluding carboxylic acids is 2. The topological polar surface area (TPSA) is 58.6 Å². The lowest BCUT2D eigenvalue weighted by atomic mass is 9.83. The van der Waals surface area contributed by atoms with E-state index in [1.54, 1.807) is 4.90 Å². The molecule has 0 spiro atoms.